The molecule has 0 radical (unpaired) electrons. The molecule has 2 aromatic rings. The van der Waals surface area contributed by atoms with E-state index in [9.17, 15) is 18.0 Å². The quantitative estimate of drug-likeness (QED) is 0.371. The van der Waals surface area contributed by atoms with Crippen LogP contribution in [0.2, 0.25) is 5.02 Å². The van der Waals surface area contributed by atoms with Gasteiger partial charge in [0.1, 0.15) is 30.3 Å². The first-order valence-corrected chi connectivity index (χ1v) is 11.0. The number of amides is 1. The summed E-state index contributed by atoms with van der Waals surface area (Å²) < 4.78 is 50.9. The van der Waals surface area contributed by atoms with Crippen molar-refractivity contribution in [1.82, 2.24) is 4.98 Å². The second kappa shape index (κ2) is 9.59. The average Bonchev–Trinajstić information content (AvgIpc) is 3.11. The van der Waals surface area contributed by atoms with E-state index in [0.717, 1.165) is 6.07 Å². The van der Waals surface area contributed by atoms with Gasteiger partial charge in [0, 0.05) is 10.6 Å². The molecule has 186 valence electrons. The Bertz CT molecular complexity index is 1020. The molecule has 1 saturated heterocycles. The molecule has 1 fully saturated rings. The van der Waals surface area contributed by atoms with Gasteiger partial charge in [-0.15, -0.1) is 0 Å². The molecule has 3 rings (SSSR count). The first kappa shape index (κ1) is 26.1. The fourth-order valence-corrected chi connectivity index (χ4v) is 3.23. The summed E-state index contributed by atoms with van der Waals surface area (Å²) in [6.07, 6.45) is -4.24. The fraction of sp³-hybridized carbons (Fsp3) is 0.478. The molecule has 11 heteroatoms. The molecule has 1 atom stereocenters. The Morgan fingerprint density at radius 1 is 1.21 bits per heavy atom. The number of hydrogen-bond donors (Lipinski definition) is 0. The third-order valence-electron chi connectivity index (χ3n) is 5.88. The summed E-state index contributed by atoms with van der Waals surface area (Å²) in [5.74, 6) is 0.562. The Morgan fingerprint density at radius 2 is 1.91 bits per heavy atom. The Hall–Kier alpha value is -2.56. The number of anilines is 1. The number of hydrogen-bond acceptors (Lipinski definition) is 5. The van der Waals surface area contributed by atoms with Gasteiger partial charge in [-0.25, -0.2) is 9.78 Å². The van der Waals surface area contributed by atoms with E-state index in [1.807, 2.05) is 34.9 Å². The van der Waals surface area contributed by atoms with Crippen LogP contribution in [0.4, 0.5) is 23.8 Å². The molecule has 0 spiro atoms. The first-order valence-electron chi connectivity index (χ1n) is 10.6. The second-order valence-electron chi connectivity index (χ2n) is 9.34. The highest BCUT2D eigenvalue weighted by Crippen LogP contribution is 2.35. The number of ether oxygens (including phenoxy) is 2. The summed E-state index contributed by atoms with van der Waals surface area (Å²) in [6.45, 7) is 6.22. The van der Waals surface area contributed by atoms with Gasteiger partial charge in [0.05, 0.1) is 32.4 Å². The number of cyclic esters (lactones) is 1. The summed E-state index contributed by atoms with van der Waals surface area (Å²) in [5, 5.41) is -0.0410. The topological polar surface area (TPSA) is 60.9 Å². The molecule has 1 aromatic heterocycles. The molecule has 7 nitrogen and oxygen atoms in total. The minimum atomic E-state index is -4.55. The number of hydroxylamine groups is 3. The molecule has 34 heavy (non-hydrogen) atoms. The SMILES string of the molecule is CC(C)(C)[N+](C)(C)OC[C@@H]1CN(c2ccc(OCc3c(Cl)cccc3C(F)(F)F)cn2)C(=O)O1. The molecule has 2 heterocycles. The number of carbonyl (C=O) groups is 1. The van der Waals surface area contributed by atoms with Gasteiger partial charge in [-0.3, -0.25) is 4.90 Å². The number of aromatic nitrogens is 1. The molecule has 1 amide bonds. The standard InChI is InChI=1S/C23H28ClF3N3O4/c1-22(2,3)30(4,5)33-13-16-12-29(21(31)34-16)20-10-9-15(11-28-20)32-14-17-18(23(25,26)27)7-6-8-19(17)24/h6-11,16H,12-14H2,1-5H3/q+1/t16-/m0/s1. The van der Waals surface area contributed by atoms with E-state index in [2.05, 4.69) is 4.98 Å². The Morgan fingerprint density at radius 3 is 2.50 bits per heavy atom. The van der Waals surface area contributed by atoms with Crippen LogP contribution in [0.5, 0.6) is 5.75 Å². The zero-order valence-electron chi connectivity index (χ0n) is 19.6. The second-order valence-corrected chi connectivity index (χ2v) is 9.75. The predicted molar refractivity (Wildman–Crippen MR) is 120 cm³/mol. The van der Waals surface area contributed by atoms with Crippen molar-refractivity contribution < 1.29 is 36.9 Å². The first-order chi connectivity index (χ1) is 15.7. The lowest BCUT2D eigenvalue weighted by Gasteiger charge is -2.39. The summed E-state index contributed by atoms with van der Waals surface area (Å²) in [7, 11) is 3.85. The van der Waals surface area contributed by atoms with Crippen LogP contribution in [0.15, 0.2) is 36.5 Å². The molecule has 1 aliphatic heterocycles. The van der Waals surface area contributed by atoms with Crippen molar-refractivity contribution in [3.05, 3.63) is 52.7 Å². The zero-order chi connectivity index (χ0) is 25.3. The number of quaternary nitrogens is 1. The van der Waals surface area contributed by atoms with E-state index in [1.54, 1.807) is 0 Å². The maximum absolute atomic E-state index is 13.2. The van der Waals surface area contributed by atoms with Gasteiger partial charge in [-0.1, -0.05) is 17.7 Å². The molecule has 0 bridgehead atoms. The predicted octanol–water partition coefficient (Wildman–Crippen LogP) is 5.46. The van der Waals surface area contributed by atoms with Gasteiger partial charge < -0.3 is 9.47 Å². The lowest BCUT2D eigenvalue weighted by atomic mass is 10.1. The lowest BCUT2D eigenvalue weighted by molar-refractivity contribution is -1.11. The highest BCUT2D eigenvalue weighted by molar-refractivity contribution is 6.31. The lowest BCUT2D eigenvalue weighted by Crippen LogP contribution is -2.55. The third kappa shape index (κ3) is 5.92. The van der Waals surface area contributed by atoms with Crippen molar-refractivity contribution in [2.75, 3.05) is 32.1 Å². The Labute approximate surface area is 201 Å². The number of carbonyl (C=O) groups excluding carboxylic acids is 1. The van der Waals surface area contributed by atoms with E-state index in [-0.39, 0.29) is 46.3 Å². The van der Waals surface area contributed by atoms with Crippen molar-refractivity contribution in [3.8, 4) is 5.75 Å². The number of alkyl halides is 3. The van der Waals surface area contributed by atoms with E-state index >= 15 is 0 Å². The van der Waals surface area contributed by atoms with E-state index in [0.29, 0.717) is 5.82 Å². The number of benzene rings is 1. The average molecular weight is 503 g/mol. The van der Waals surface area contributed by atoms with E-state index in [1.165, 1.54) is 35.4 Å². The van der Waals surface area contributed by atoms with Crippen LogP contribution < -0.4 is 9.64 Å². The summed E-state index contributed by atoms with van der Waals surface area (Å²) in [6, 6.07) is 6.61. The van der Waals surface area contributed by atoms with Crippen molar-refractivity contribution in [2.24, 2.45) is 0 Å². The van der Waals surface area contributed by atoms with Gasteiger partial charge >= 0.3 is 12.3 Å². The summed E-state index contributed by atoms with van der Waals surface area (Å²) in [5.41, 5.74) is -1.18. The number of pyridine rings is 1. The maximum Gasteiger partial charge on any atom is 0.416 e. The van der Waals surface area contributed by atoms with Crippen LogP contribution in [0.25, 0.3) is 0 Å². The van der Waals surface area contributed by atoms with Gasteiger partial charge in [-0.05, 0) is 45.0 Å². The van der Waals surface area contributed by atoms with Crippen LogP contribution >= 0.6 is 11.6 Å². The van der Waals surface area contributed by atoms with Crippen molar-refractivity contribution in [3.63, 3.8) is 0 Å². The van der Waals surface area contributed by atoms with E-state index < -0.39 is 23.9 Å². The largest absolute Gasteiger partial charge is 0.487 e. The highest BCUT2D eigenvalue weighted by Gasteiger charge is 2.39. The van der Waals surface area contributed by atoms with Gasteiger partial charge in [-0.2, -0.15) is 22.7 Å². The highest BCUT2D eigenvalue weighted by atomic mass is 35.5. The molecular formula is C23H28ClF3N3O4+. The normalized spacial score (nSPS) is 17.1. The summed E-state index contributed by atoms with van der Waals surface area (Å²) >= 11 is 5.96. The number of rotatable bonds is 7. The van der Waals surface area contributed by atoms with E-state index in [4.69, 9.17) is 25.9 Å². The zero-order valence-corrected chi connectivity index (χ0v) is 20.4. The van der Waals surface area contributed by atoms with Gasteiger partial charge in [0.15, 0.2) is 6.10 Å². The Kier molecular flexibility index (Phi) is 7.35. The molecule has 0 saturated carbocycles. The minimum absolute atomic E-state index is 0.0410. The van der Waals surface area contributed by atoms with Crippen LogP contribution in [0, 0.1) is 0 Å². The summed E-state index contributed by atoms with van der Waals surface area (Å²) in [4.78, 5) is 23.8. The van der Waals surface area contributed by atoms with Crippen LogP contribution in [-0.2, 0) is 22.4 Å². The molecule has 1 aliphatic rings. The number of nitrogens with zero attached hydrogens (tertiary/aromatic N) is 3. The van der Waals surface area contributed by atoms with Crippen molar-refractivity contribution in [1.29, 1.82) is 0 Å². The maximum atomic E-state index is 13.2. The third-order valence-corrected chi connectivity index (χ3v) is 6.23. The number of halogens is 4. The fourth-order valence-electron chi connectivity index (χ4n) is 3.00. The smallest absolute Gasteiger partial charge is 0.416 e. The minimum Gasteiger partial charge on any atom is -0.487 e. The molecular weight excluding hydrogens is 475 g/mol. The molecule has 0 unspecified atom stereocenters. The molecule has 1 aromatic carbocycles. The molecule has 0 N–H and O–H groups in total. The van der Waals surface area contributed by atoms with Crippen molar-refractivity contribution in [2.45, 2.75) is 45.2 Å². The van der Waals surface area contributed by atoms with Crippen molar-refractivity contribution >= 4 is 23.5 Å². The van der Waals surface area contributed by atoms with Gasteiger partial charge in [0.25, 0.3) is 0 Å². The molecule has 0 aliphatic carbocycles. The van der Waals surface area contributed by atoms with Crippen LogP contribution in [-0.4, -0.2) is 54.6 Å². The van der Waals surface area contributed by atoms with Crippen LogP contribution in [0.1, 0.15) is 31.9 Å². The van der Waals surface area contributed by atoms with Gasteiger partial charge in [0.2, 0.25) is 0 Å². The van der Waals surface area contributed by atoms with Crippen LogP contribution in [0.3, 0.4) is 0 Å². The monoisotopic (exact) mass is 502 g/mol. The Balaban J connectivity index is 1.62.